The molecule has 7 nitrogen and oxygen atoms in total. The van der Waals surface area contributed by atoms with Crippen molar-refractivity contribution in [3.63, 3.8) is 0 Å². The molecule has 0 aliphatic carbocycles. The summed E-state index contributed by atoms with van der Waals surface area (Å²) >= 11 is 6.03. The number of nitriles is 1. The standard InChI is InChI=1S/C17H22ClN5O2/c1-25-16-3-2-14(10-15(16)18)22-17(24)13(11-19)12-21-6-9-23-7-4-20-5-8-23/h2-3,10,12,20-21H,4-9H2,1H3,(H,22,24)/b13-12-. The number of nitrogens with one attached hydrogen (secondary N) is 3. The molecule has 1 saturated heterocycles. The zero-order chi connectivity index (χ0) is 18.1. The van der Waals surface area contributed by atoms with Crippen molar-refractivity contribution in [3.8, 4) is 11.8 Å². The molecule has 0 radical (unpaired) electrons. The van der Waals surface area contributed by atoms with Crippen molar-refractivity contribution in [2.75, 3.05) is 51.7 Å². The molecule has 3 N–H and O–H groups in total. The van der Waals surface area contributed by atoms with Crippen molar-refractivity contribution >= 4 is 23.2 Å². The van der Waals surface area contributed by atoms with Gasteiger partial charge in [0.2, 0.25) is 0 Å². The van der Waals surface area contributed by atoms with Crippen molar-refractivity contribution in [3.05, 3.63) is 35.0 Å². The minimum Gasteiger partial charge on any atom is -0.495 e. The van der Waals surface area contributed by atoms with E-state index in [9.17, 15) is 10.1 Å². The summed E-state index contributed by atoms with van der Waals surface area (Å²) in [4.78, 5) is 14.5. The molecule has 1 fully saturated rings. The molecule has 25 heavy (non-hydrogen) atoms. The monoisotopic (exact) mass is 363 g/mol. The van der Waals surface area contributed by atoms with Gasteiger partial charge in [-0.1, -0.05) is 11.6 Å². The van der Waals surface area contributed by atoms with Crippen LogP contribution < -0.4 is 20.7 Å². The fourth-order valence-electron chi connectivity index (χ4n) is 2.42. The minimum absolute atomic E-state index is 0.00671. The normalized spacial score (nSPS) is 15.3. The molecule has 0 aromatic heterocycles. The number of nitrogens with zero attached hydrogens (tertiary/aromatic N) is 2. The van der Waals surface area contributed by atoms with Crippen LogP contribution in [-0.2, 0) is 4.79 Å². The highest BCUT2D eigenvalue weighted by atomic mass is 35.5. The summed E-state index contributed by atoms with van der Waals surface area (Å²) in [5.41, 5.74) is 0.505. The van der Waals surface area contributed by atoms with E-state index in [0.29, 0.717) is 23.0 Å². The number of carbonyl (C=O) groups excluding carboxylic acids is 1. The molecule has 0 spiro atoms. The number of piperazine rings is 1. The van der Waals surface area contributed by atoms with E-state index in [1.165, 1.54) is 13.3 Å². The number of halogens is 1. The number of carbonyl (C=O) groups is 1. The van der Waals surface area contributed by atoms with Crippen LogP contribution in [0, 0.1) is 11.3 Å². The molecule has 1 aromatic carbocycles. The van der Waals surface area contributed by atoms with Gasteiger partial charge in [0, 0.05) is 51.2 Å². The number of hydrogen-bond acceptors (Lipinski definition) is 6. The lowest BCUT2D eigenvalue weighted by Crippen LogP contribution is -2.45. The summed E-state index contributed by atoms with van der Waals surface area (Å²) in [5, 5.41) is 18.5. The van der Waals surface area contributed by atoms with E-state index in [1.54, 1.807) is 18.2 Å². The first-order chi connectivity index (χ1) is 12.1. The number of hydrogen-bond donors (Lipinski definition) is 3. The van der Waals surface area contributed by atoms with E-state index in [4.69, 9.17) is 16.3 Å². The summed E-state index contributed by atoms with van der Waals surface area (Å²) in [6.45, 7) is 5.54. The minimum atomic E-state index is -0.488. The molecule has 8 heteroatoms. The predicted octanol–water partition coefficient (Wildman–Crippen LogP) is 1.19. The van der Waals surface area contributed by atoms with Crippen molar-refractivity contribution in [1.29, 1.82) is 5.26 Å². The maximum Gasteiger partial charge on any atom is 0.267 e. The Morgan fingerprint density at radius 3 is 2.88 bits per heavy atom. The van der Waals surface area contributed by atoms with Gasteiger partial charge in [0.25, 0.3) is 5.91 Å². The summed E-state index contributed by atoms with van der Waals surface area (Å²) in [6.07, 6.45) is 1.45. The van der Waals surface area contributed by atoms with Gasteiger partial charge in [0.05, 0.1) is 12.1 Å². The maximum absolute atomic E-state index is 12.2. The van der Waals surface area contributed by atoms with Crippen LogP contribution in [0.4, 0.5) is 5.69 Å². The third-order valence-electron chi connectivity index (χ3n) is 3.80. The Labute approximate surface area is 152 Å². The Morgan fingerprint density at radius 1 is 1.48 bits per heavy atom. The Kier molecular flexibility index (Phi) is 7.54. The summed E-state index contributed by atoms with van der Waals surface area (Å²) in [6, 6.07) is 6.79. The molecule has 134 valence electrons. The van der Waals surface area contributed by atoms with Crippen LogP contribution >= 0.6 is 11.6 Å². The molecule has 1 aromatic rings. The molecular weight excluding hydrogens is 342 g/mol. The second-order valence-corrected chi connectivity index (χ2v) is 5.93. The van der Waals surface area contributed by atoms with Gasteiger partial charge in [-0.25, -0.2) is 0 Å². The molecule has 0 saturated carbocycles. The fourth-order valence-corrected chi connectivity index (χ4v) is 2.68. The first kappa shape index (κ1) is 19.1. The Balaban J connectivity index is 1.85. The van der Waals surface area contributed by atoms with E-state index >= 15 is 0 Å². The number of ether oxygens (including phenoxy) is 1. The molecule has 1 aliphatic rings. The van der Waals surface area contributed by atoms with Gasteiger partial charge in [-0.15, -0.1) is 0 Å². The zero-order valence-corrected chi connectivity index (χ0v) is 14.9. The highest BCUT2D eigenvalue weighted by molar-refractivity contribution is 6.32. The van der Waals surface area contributed by atoms with Crippen LogP contribution in [0.1, 0.15) is 0 Å². The average Bonchev–Trinajstić information content (AvgIpc) is 2.62. The lowest BCUT2D eigenvalue weighted by atomic mass is 10.2. The molecule has 1 aliphatic heterocycles. The molecule has 2 rings (SSSR count). The van der Waals surface area contributed by atoms with Gasteiger partial charge in [-0.2, -0.15) is 5.26 Å². The average molecular weight is 364 g/mol. The van der Waals surface area contributed by atoms with Gasteiger partial charge in [-0.05, 0) is 18.2 Å². The van der Waals surface area contributed by atoms with E-state index in [0.717, 1.165) is 32.7 Å². The summed E-state index contributed by atoms with van der Waals surface area (Å²) < 4.78 is 5.06. The maximum atomic E-state index is 12.2. The molecule has 0 atom stereocenters. The van der Waals surface area contributed by atoms with Crippen LogP contribution in [0.5, 0.6) is 5.75 Å². The second-order valence-electron chi connectivity index (χ2n) is 5.52. The van der Waals surface area contributed by atoms with Crippen LogP contribution in [-0.4, -0.2) is 57.2 Å². The predicted molar refractivity (Wildman–Crippen MR) is 97.6 cm³/mol. The van der Waals surface area contributed by atoms with Crippen LogP contribution in [0.15, 0.2) is 30.0 Å². The van der Waals surface area contributed by atoms with Gasteiger partial charge in [-0.3, -0.25) is 9.69 Å². The molecule has 0 unspecified atom stereocenters. The number of amides is 1. The highest BCUT2D eigenvalue weighted by Crippen LogP contribution is 2.27. The van der Waals surface area contributed by atoms with E-state index < -0.39 is 5.91 Å². The van der Waals surface area contributed by atoms with E-state index in [2.05, 4.69) is 20.9 Å². The van der Waals surface area contributed by atoms with Gasteiger partial charge in [0.15, 0.2) is 0 Å². The van der Waals surface area contributed by atoms with Crippen molar-refractivity contribution in [2.45, 2.75) is 0 Å². The quantitative estimate of drug-likeness (QED) is 0.383. The van der Waals surface area contributed by atoms with Gasteiger partial charge in [0.1, 0.15) is 17.4 Å². The highest BCUT2D eigenvalue weighted by Gasteiger charge is 2.11. The molecule has 1 heterocycles. The Bertz CT molecular complexity index is 665. The lowest BCUT2D eigenvalue weighted by Gasteiger charge is -2.26. The second kappa shape index (κ2) is 9.89. The van der Waals surface area contributed by atoms with E-state index in [-0.39, 0.29) is 5.57 Å². The Morgan fingerprint density at radius 2 is 2.24 bits per heavy atom. The molecule has 1 amide bonds. The SMILES string of the molecule is COc1ccc(NC(=O)/C(C#N)=C\NCCN2CCNCC2)cc1Cl. The first-order valence-electron chi connectivity index (χ1n) is 8.05. The lowest BCUT2D eigenvalue weighted by molar-refractivity contribution is -0.112. The summed E-state index contributed by atoms with van der Waals surface area (Å²) in [7, 11) is 1.52. The number of rotatable bonds is 7. The number of methoxy groups -OCH3 is 1. The molecule has 0 bridgehead atoms. The van der Waals surface area contributed by atoms with Crippen molar-refractivity contribution in [2.24, 2.45) is 0 Å². The molecular formula is C17H22ClN5O2. The largest absolute Gasteiger partial charge is 0.495 e. The van der Waals surface area contributed by atoms with Crippen LogP contribution in [0.2, 0.25) is 5.02 Å². The fraction of sp³-hybridized carbons (Fsp3) is 0.412. The van der Waals surface area contributed by atoms with Crippen molar-refractivity contribution in [1.82, 2.24) is 15.5 Å². The van der Waals surface area contributed by atoms with E-state index in [1.807, 2.05) is 6.07 Å². The number of benzene rings is 1. The Hall–Kier alpha value is -2.27. The topological polar surface area (TPSA) is 89.4 Å². The van der Waals surface area contributed by atoms with Gasteiger partial charge >= 0.3 is 0 Å². The summed E-state index contributed by atoms with van der Waals surface area (Å²) in [5.74, 6) is 0.0312. The van der Waals surface area contributed by atoms with Gasteiger partial charge < -0.3 is 20.7 Å². The first-order valence-corrected chi connectivity index (χ1v) is 8.43. The van der Waals surface area contributed by atoms with Crippen LogP contribution in [0.3, 0.4) is 0 Å². The third-order valence-corrected chi connectivity index (χ3v) is 4.10. The smallest absolute Gasteiger partial charge is 0.267 e. The third kappa shape index (κ3) is 5.94. The van der Waals surface area contributed by atoms with Crippen molar-refractivity contribution < 1.29 is 9.53 Å². The van der Waals surface area contributed by atoms with Crippen LogP contribution in [0.25, 0.3) is 0 Å². The zero-order valence-electron chi connectivity index (χ0n) is 14.1. The number of anilines is 1.